The molecule has 1 saturated carbocycles. The van der Waals surface area contributed by atoms with E-state index < -0.39 is 11.4 Å². The number of ether oxygens (including phenoxy) is 5. The third-order valence-electron chi connectivity index (χ3n) is 9.65. The molecule has 6 nitrogen and oxygen atoms in total. The van der Waals surface area contributed by atoms with Gasteiger partial charge in [-0.2, -0.15) is 0 Å². The predicted molar refractivity (Wildman–Crippen MR) is 118 cm³/mol. The molecular weight excluding hydrogens is 408 g/mol. The third-order valence-corrected chi connectivity index (χ3v) is 9.65. The maximum absolute atomic E-state index is 12.2. The van der Waals surface area contributed by atoms with Gasteiger partial charge in [0.05, 0.1) is 38.6 Å². The average molecular weight is 447 g/mol. The molecule has 0 amide bonds. The summed E-state index contributed by atoms with van der Waals surface area (Å²) in [5.41, 5.74) is 3.44. The van der Waals surface area contributed by atoms with Crippen LogP contribution in [0.2, 0.25) is 0 Å². The molecule has 4 aliphatic heterocycles. The zero-order chi connectivity index (χ0) is 22.0. The number of fused-ring (bicyclic) bond motifs is 1. The van der Waals surface area contributed by atoms with Gasteiger partial charge in [0.2, 0.25) is 0 Å². The van der Waals surface area contributed by atoms with Crippen molar-refractivity contribution >= 4 is 0 Å². The molecule has 7 atom stereocenters. The maximum Gasteiger partial charge on any atom is 0.199 e. The van der Waals surface area contributed by atoms with E-state index in [1.807, 2.05) is 6.92 Å². The van der Waals surface area contributed by atoms with Crippen molar-refractivity contribution in [3.8, 4) is 0 Å². The summed E-state index contributed by atoms with van der Waals surface area (Å²) in [5.74, 6) is 0.283. The quantitative estimate of drug-likeness (QED) is 0.716. The Balaban J connectivity index is 1.44. The van der Waals surface area contributed by atoms with Gasteiger partial charge in [-0.1, -0.05) is 18.6 Å². The molecule has 0 radical (unpaired) electrons. The van der Waals surface area contributed by atoms with Crippen molar-refractivity contribution in [2.75, 3.05) is 39.6 Å². The largest absolute Gasteiger partial charge is 0.386 e. The molecule has 4 heterocycles. The normalized spacial score (nSPS) is 48.0. The van der Waals surface area contributed by atoms with Crippen LogP contribution in [0, 0.1) is 17.3 Å². The highest BCUT2D eigenvalue weighted by Crippen LogP contribution is 2.64. The number of allylic oxidation sites excluding steroid dienone is 2. The summed E-state index contributed by atoms with van der Waals surface area (Å²) in [6.45, 7) is 7.36. The Labute approximate surface area is 191 Å². The molecule has 32 heavy (non-hydrogen) atoms. The van der Waals surface area contributed by atoms with Gasteiger partial charge in [0, 0.05) is 24.9 Å². The van der Waals surface area contributed by atoms with Crippen LogP contribution in [0.3, 0.4) is 0 Å². The van der Waals surface area contributed by atoms with Crippen LogP contribution in [-0.4, -0.2) is 68.3 Å². The van der Waals surface area contributed by atoms with E-state index in [9.17, 15) is 5.11 Å². The monoisotopic (exact) mass is 446 g/mol. The van der Waals surface area contributed by atoms with E-state index in [2.05, 4.69) is 13.0 Å². The van der Waals surface area contributed by atoms with Crippen LogP contribution in [0.1, 0.15) is 58.8 Å². The zero-order valence-corrected chi connectivity index (χ0v) is 19.6. The Bertz CT molecular complexity index is 821. The SMILES string of the molecule is CCOCC1OCCOC23CC4=C(CC2OCCO3)C2=CC[C@@]3(C)[C@H](CC[C@@]13O)[C@@H]2CC4. The summed E-state index contributed by atoms with van der Waals surface area (Å²) < 4.78 is 31.2. The first-order chi connectivity index (χ1) is 15.5. The number of hydrogen-bond acceptors (Lipinski definition) is 6. The molecule has 8 rings (SSSR count). The van der Waals surface area contributed by atoms with Crippen molar-refractivity contribution in [2.24, 2.45) is 17.3 Å². The molecule has 178 valence electrons. The lowest BCUT2D eigenvalue weighted by Crippen LogP contribution is -2.59. The summed E-state index contributed by atoms with van der Waals surface area (Å²) in [5, 5.41) is 12.2. The first-order valence-electron chi connectivity index (χ1n) is 12.7. The highest BCUT2D eigenvalue weighted by atomic mass is 16.7. The lowest BCUT2D eigenvalue weighted by molar-refractivity contribution is -0.330. The molecule has 1 N–H and O–H groups in total. The fraction of sp³-hybridized carbons (Fsp3) is 0.846. The van der Waals surface area contributed by atoms with E-state index in [4.69, 9.17) is 23.7 Å². The van der Waals surface area contributed by atoms with Gasteiger partial charge < -0.3 is 28.8 Å². The molecular formula is C26H38O6. The van der Waals surface area contributed by atoms with E-state index in [1.54, 1.807) is 0 Å². The van der Waals surface area contributed by atoms with Gasteiger partial charge in [-0.05, 0) is 62.0 Å². The van der Waals surface area contributed by atoms with E-state index in [1.165, 1.54) is 16.7 Å². The Morgan fingerprint density at radius 2 is 1.94 bits per heavy atom. The minimum Gasteiger partial charge on any atom is -0.386 e. The van der Waals surface area contributed by atoms with Crippen molar-refractivity contribution in [1.82, 2.24) is 0 Å². The Morgan fingerprint density at radius 3 is 2.75 bits per heavy atom. The second kappa shape index (κ2) is 7.89. The predicted octanol–water partition coefficient (Wildman–Crippen LogP) is 3.53. The third kappa shape index (κ3) is 2.99. The topological polar surface area (TPSA) is 66.4 Å². The van der Waals surface area contributed by atoms with Crippen LogP contribution < -0.4 is 0 Å². The van der Waals surface area contributed by atoms with E-state index in [-0.39, 0.29) is 17.6 Å². The molecule has 0 aromatic heterocycles. The standard InChI is InChI=1S/C26H38O6/c1-3-28-16-23-25(27)9-7-21-19-5-4-17-15-26(32-13-11-30-23)22(29-10-12-31-26)14-20(17)18(19)6-8-24(21,25)2/h6,19,21-23,27H,3-5,7-16H2,1-2H3/t19-,21-,22?,23?,24+,25-,26?/m1/s1. The Hall–Kier alpha value is -0.760. The highest BCUT2D eigenvalue weighted by molar-refractivity contribution is 5.46. The van der Waals surface area contributed by atoms with Crippen LogP contribution in [0.25, 0.3) is 0 Å². The van der Waals surface area contributed by atoms with Gasteiger partial charge in [0.15, 0.2) is 5.79 Å². The average Bonchev–Trinajstić information content (AvgIpc) is 3.08. The Morgan fingerprint density at radius 1 is 1.12 bits per heavy atom. The molecule has 2 saturated heterocycles. The van der Waals surface area contributed by atoms with Gasteiger partial charge in [-0.3, -0.25) is 0 Å². The molecule has 3 fully saturated rings. The van der Waals surface area contributed by atoms with Crippen LogP contribution >= 0.6 is 0 Å². The summed E-state index contributed by atoms with van der Waals surface area (Å²) in [6.07, 6.45) is 8.67. The second-order valence-electron chi connectivity index (χ2n) is 10.8. The van der Waals surface area contributed by atoms with Crippen LogP contribution in [0.15, 0.2) is 22.8 Å². The van der Waals surface area contributed by atoms with Gasteiger partial charge in [0.1, 0.15) is 12.2 Å². The molecule has 6 heteroatoms. The first kappa shape index (κ1) is 21.8. The molecule has 3 unspecified atom stereocenters. The van der Waals surface area contributed by atoms with Crippen molar-refractivity contribution in [3.63, 3.8) is 0 Å². The van der Waals surface area contributed by atoms with E-state index >= 15 is 0 Å². The second-order valence-corrected chi connectivity index (χ2v) is 10.8. The van der Waals surface area contributed by atoms with Gasteiger partial charge in [-0.15, -0.1) is 0 Å². The smallest absolute Gasteiger partial charge is 0.199 e. The first-order valence-corrected chi connectivity index (χ1v) is 12.7. The number of rotatable bonds is 3. The van der Waals surface area contributed by atoms with Crippen LogP contribution in [0.4, 0.5) is 0 Å². The van der Waals surface area contributed by atoms with Gasteiger partial charge >= 0.3 is 0 Å². The van der Waals surface area contributed by atoms with Crippen LogP contribution in [0.5, 0.6) is 0 Å². The Kier molecular flexibility index (Phi) is 5.36. The van der Waals surface area contributed by atoms with Crippen molar-refractivity contribution in [2.45, 2.75) is 82.4 Å². The highest BCUT2D eigenvalue weighted by Gasteiger charge is 2.64. The number of aliphatic hydroxyl groups is 1. The van der Waals surface area contributed by atoms with Crippen molar-refractivity contribution in [1.29, 1.82) is 0 Å². The van der Waals surface area contributed by atoms with Gasteiger partial charge in [0.25, 0.3) is 0 Å². The summed E-state index contributed by atoms with van der Waals surface area (Å²) in [6, 6.07) is 0. The van der Waals surface area contributed by atoms with E-state index in [0.717, 1.165) is 44.9 Å². The fourth-order valence-electron chi connectivity index (χ4n) is 7.96. The summed E-state index contributed by atoms with van der Waals surface area (Å²) in [4.78, 5) is 0. The molecule has 8 bridgehead atoms. The molecule has 4 aliphatic carbocycles. The fourth-order valence-corrected chi connectivity index (χ4v) is 7.96. The molecule has 8 aliphatic rings. The number of hydrogen-bond donors (Lipinski definition) is 1. The van der Waals surface area contributed by atoms with Gasteiger partial charge in [-0.25, -0.2) is 0 Å². The lowest BCUT2D eigenvalue weighted by atomic mass is 9.55. The van der Waals surface area contributed by atoms with Crippen molar-refractivity contribution < 1.29 is 28.8 Å². The summed E-state index contributed by atoms with van der Waals surface area (Å²) in [7, 11) is 0. The molecule has 0 aromatic rings. The maximum atomic E-state index is 12.2. The minimum absolute atomic E-state index is 0.0642. The zero-order valence-electron chi connectivity index (χ0n) is 19.6. The summed E-state index contributed by atoms with van der Waals surface area (Å²) >= 11 is 0. The minimum atomic E-state index is -0.891. The molecule has 0 aromatic carbocycles. The van der Waals surface area contributed by atoms with E-state index in [0.29, 0.717) is 51.5 Å². The van der Waals surface area contributed by atoms with Crippen molar-refractivity contribution in [3.05, 3.63) is 22.8 Å². The molecule has 1 spiro atoms. The van der Waals surface area contributed by atoms with Crippen LogP contribution in [-0.2, 0) is 23.7 Å². The lowest BCUT2D eigenvalue weighted by Gasteiger charge is -2.54.